The summed E-state index contributed by atoms with van der Waals surface area (Å²) in [5.41, 5.74) is 0.675. The molecule has 1 saturated carbocycles. The number of rotatable bonds is 8. The Labute approximate surface area is 149 Å². The summed E-state index contributed by atoms with van der Waals surface area (Å²) in [6.45, 7) is 4.80. The van der Waals surface area contributed by atoms with E-state index in [4.69, 9.17) is 0 Å². The number of likely N-dealkylation sites (N-methyl/N-ethyl adjacent to an activating group) is 1. The molecule has 2 N–H and O–H groups in total. The summed E-state index contributed by atoms with van der Waals surface area (Å²) in [4.78, 5) is 17.8. The Morgan fingerprint density at radius 2 is 2.04 bits per heavy atom. The van der Waals surface area contributed by atoms with E-state index in [1.807, 2.05) is 19.0 Å². The Hall–Kier alpha value is -1.11. The molecule has 1 fully saturated rings. The summed E-state index contributed by atoms with van der Waals surface area (Å²) in [6.07, 6.45) is 4.57. The fraction of sp³-hybridized carbons (Fsp3) is 0.722. The lowest BCUT2D eigenvalue weighted by molar-refractivity contribution is 0.0395. The van der Waals surface area contributed by atoms with Gasteiger partial charge in [0, 0.05) is 24.5 Å². The lowest BCUT2D eigenvalue weighted by Crippen LogP contribution is -2.44. The molecule has 0 saturated heterocycles. The van der Waals surface area contributed by atoms with Crippen LogP contribution < -0.4 is 5.32 Å². The van der Waals surface area contributed by atoms with Gasteiger partial charge in [0.15, 0.2) is 0 Å². The van der Waals surface area contributed by atoms with Gasteiger partial charge in [0.25, 0.3) is 0 Å². The maximum Gasteiger partial charge on any atom is 0.317 e. The predicted octanol–water partition coefficient (Wildman–Crippen LogP) is 2.82. The number of nitrogens with zero attached hydrogens (tertiary/aromatic N) is 2. The lowest BCUT2D eigenvalue weighted by atomic mass is 9.98. The SMILES string of the molecule is Cc1ccsc1CN(CCN(C)C)C(=O)NCCC1(O)CCCC1. The second-order valence-corrected chi connectivity index (χ2v) is 8.17. The third-order valence-electron chi connectivity index (χ3n) is 4.81. The molecule has 0 atom stereocenters. The first-order chi connectivity index (χ1) is 11.4. The van der Waals surface area contributed by atoms with Crippen LogP contribution in [0.2, 0.25) is 0 Å². The van der Waals surface area contributed by atoms with Gasteiger partial charge in [0.1, 0.15) is 0 Å². The first kappa shape index (κ1) is 19.2. The Morgan fingerprint density at radius 3 is 2.62 bits per heavy atom. The van der Waals surface area contributed by atoms with Crippen molar-refractivity contribution < 1.29 is 9.90 Å². The maximum absolute atomic E-state index is 12.6. The van der Waals surface area contributed by atoms with Crippen LogP contribution in [0.15, 0.2) is 11.4 Å². The minimum atomic E-state index is -0.563. The molecule has 1 heterocycles. The molecule has 0 bridgehead atoms. The molecule has 0 spiro atoms. The summed E-state index contributed by atoms with van der Waals surface area (Å²) in [6, 6.07) is 2.06. The predicted molar refractivity (Wildman–Crippen MR) is 99.5 cm³/mol. The third-order valence-corrected chi connectivity index (χ3v) is 5.82. The highest BCUT2D eigenvalue weighted by molar-refractivity contribution is 7.10. The highest BCUT2D eigenvalue weighted by Crippen LogP contribution is 2.31. The molecular weight excluding hydrogens is 322 g/mol. The molecule has 1 aliphatic carbocycles. The van der Waals surface area contributed by atoms with Crippen molar-refractivity contribution in [2.75, 3.05) is 33.7 Å². The lowest BCUT2D eigenvalue weighted by Gasteiger charge is -2.26. The number of carbonyl (C=O) groups is 1. The molecule has 0 aliphatic heterocycles. The number of carbonyl (C=O) groups excluding carboxylic acids is 1. The first-order valence-corrected chi connectivity index (χ1v) is 9.70. The van der Waals surface area contributed by atoms with E-state index in [1.54, 1.807) is 11.3 Å². The number of aliphatic hydroxyl groups is 1. The number of thiophene rings is 1. The smallest absolute Gasteiger partial charge is 0.317 e. The highest BCUT2D eigenvalue weighted by atomic mass is 32.1. The maximum atomic E-state index is 12.6. The van der Waals surface area contributed by atoms with Crippen molar-refractivity contribution >= 4 is 17.4 Å². The van der Waals surface area contributed by atoms with Crippen molar-refractivity contribution in [1.82, 2.24) is 15.1 Å². The van der Waals surface area contributed by atoms with Crippen molar-refractivity contribution in [2.24, 2.45) is 0 Å². The van der Waals surface area contributed by atoms with Crippen molar-refractivity contribution in [3.63, 3.8) is 0 Å². The number of nitrogens with one attached hydrogen (secondary N) is 1. The summed E-state index contributed by atoms with van der Waals surface area (Å²) < 4.78 is 0. The second-order valence-electron chi connectivity index (χ2n) is 7.16. The summed E-state index contributed by atoms with van der Waals surface area (Å²) >= 11 is 1.70. The van der Waals surface area contributed by atoms with Gasteiger partial charge in [-0.1, -0.05) is 12.8 Å². The largest absolute Gasteiger partial charge is 0.390 e. The number of amides is 2. The molecule has 24 heavy (non-hydrogen) atoms. The third kappa shape index (κ3) is 5.76. The zero-order valence-electron chi connectivity index (χ0n) is 15.2. The molecular formula is C18H31N3O2S. The van der Waals surface area contributed by atoms with Gasteiger partial charge in [0.2, 0.25) is 0 Å². The van der Waals surface area contributed by atoms with Crippen LogP contribution >= 0.6 is 11.3 Å². The van der Waals surface area contributed by atoms with Gasteiger partial charge in [-0.2, -0.15) is 0 Å². The van der Waals surface area contributed by atoms with E-state index in [9.17, 15) is 9.90 Å². The molecule has 2 rings (SSSR count). The van der Waals surface area contributed by atoms with Gasteiger partial charge in [-0.15, -0.1) is 11.3 Å². The fourth-order valence-electron chi connectivity index (χ4n) is 3.11. The summed E-state index contributed by atoms with van der Waals surface area (Å²) in [5, 5.41) is 15.5. The zero-order valence-corrected chi connectivity index (χ0v) is 16.0. The van der Waals surface area contributed by atoms with Crippen LogP contribution in [-0.4, -0.2) is 60.3 Å². The minimum Gasteiger partial charge on any atom is -0.390 e. The van der Waals surface area contributed by atoms with Crippen molar-refractivity contribution in [1.29, 1.82) is 0 Å². The molecule has 1 aromatic heterocycles. The molecule has 0 aromatic carbocycles. The number of aryl methyl sites for hydroxylation is 1. The molecule has 6 heteroatoms. The van der Waals surface area contributed by atoms with E-state index < -0.39 is 5.60 Å². The van der Waals surface area contributed by atoms with Crippen LogP contribution in [0.3, 0.4) is 0 Å². The van der Waals surface area contributed by atoms with E-state index in [0.717, 1.165) is 32.2 Å². The Bertz CT molecular complexity index is 524. The molecule has 1 aliphatic rings. The number of hydrogen-bond donors (Lipinski definition) is 2. The number of hydrogen-bond acceptors (Lipinski definition) is 4. The van der Waals surface area contributed by atoms with Crippen LogP contribution in [0.1, 0.15) is 42.5 Å². The quantitative estimate of drug-likeness (QED) is 0.756. The van der Waals surface area contributed by atoms with Crippen LogP contribution in [0.5, 0.6) is 0 Å². The number of urea groups is 1. The molecule has 136 valence electrons. The van der Waals surface area contributed by atoms with Gasteiger partial charge in [-0.25, -0.2) is 4.79 Å². The Balaban J connectivity index is 1.87. The van der Waals surface area contributed by atoms with Gasteiger partial charge in [-0.05, 0) is 57.3 Å². The van der Waals surface area contributed by atoms with E-state index >= 15 is 0 Å². The van der Waals surface area contributed by atoms with Gasteiger partial charge in [0.05, 0.1) is 12.1 Å². The van der Waals surface area contributed by atoms with E-state index in [2.05, 4.69) is 28.6 Å². The van der Waals surface area contributed by atoms with Crippen LogP contribution in [0.25, 0.3) is 0 Å². The fourth-order valence-corrected chi connectivity index (χ4v) is 4.03. The zero-order chi connectivity index (χ0) is 17.6. The van der Waals surface area contributed by atoms with E-state index in [0.29, 0.717) is 26.1 Å². The Morgan fingerprint density at radius 1 is 1.33 bits per heavy atom. The van der Waals surface area contributed by atoms with Gasteiger partial charge >= 0.3 is 6.03 Å². The van der Waals surface area contributed by atoms with Gasteiger partial charge < -0.3 is 20.2 Å². The average molecular weight is 354 g/mol. The summed E-state index contributed by atoms with van der Waals surface area (Å²) in [5.74, 6) is 0. The van der Waals surface area contributed by atoms with Crippen LogP contribution in [0.4, 0.5) is 4.79 Å². The average Bonchev–Trinajstić information content (AvgIpc) is 3.12. The van der Waals surface area contributed by atoms with Gasteiger partial charge in [-0.3, -0.25) is 0 Å². The molecule has 2 amide bonds. The van der Waals surface area contributed by atoms with E-state index in [1.165, 1.54) is 10.4 Å². The van der Waals surface area contributed by atoms with Crippen LogP contribution in [0, 0.1) is 6.92 Å². The monoisotopic (exact) mass is 353 g/mol. The van der Waals surface area contributed by atoms with Crippen molar-refractivity contribution in [3.05, 3.63) is 21.9 Å². The first-order valence-electron chi connectivity index (χ1n) is 8.82. The van der Waals surface area contributed by atoms with Crippen molar-refractivity contribution in [3.8, 4) is 0 Å². The normalized spacial score (nSPS) is 16.5. The van der Waals surface area contributed by atoms with E-state index in [-0.39, 0.29) is 6.03 Å². The van der Waals surface area contributed by atoms with Crippen molar-refractivity contribution in [2.45, 2.75) is 51.2 Å². The molecule has 0 unspecified atom stereocenters. The molecule has 0 radical (unpaired) electrons. The second kappa shape index (κ2) is 8.83. The summed E-state index contributed by atoms with van der Waals surface area (Å²) in [7, 11) is 4.03. The highest BCUT2D eigenvalue weighted by Gasteiger charge is 2.30. The standard InChI is InChI=1S/C18H31N3O2S/c1-15-6-13-24-16(15)14-21(12-11-20(2)3)17(22)19-10-9-18(23)7-4-5-8-18/h6,13,23H,4-5,7-12,14H2,1-3H3,(H,19,22). The molecule has 5 nitrogen and oxygen atoms in total. The minimum absolute atomic E-state index is 0.0359. The molecule has 1 aromatic rings. The Kier molecular flexibility index (Phi) is 7.07. The topological polar surface area (TPSA) is 55.8 Å². The van der Waals surface area contributed by atoms with Crippen LogP contribution in [-0.2, 0) is 6.54 Å².